The summed E-state index contributed by atoms with van der Waals surface area (Å²) in [6, 6.07) is 4.36. The SMILES string of the molecule is Nc1c(F)c(S(=O)(=O)NCc2cccnc2)cc(Cl)c1Br. The predicted molar refractivity (Wildman–Crippen MR) is 81.8 cm³/mol. The van der Waals surface area contributed by atoms with Crippen molar-refractivity contribution in [2.24, 2.45) is 0 Å². The predicted octanol–water partition coefficient (Wildman–Crippen LogP) is 2.70. The summed E-state index contributed by atoms with van der Waals surface area (Å²) in [5, 5.41) is 0.00986. The highest BCUT2D eigenvalue weighted by Gasteiger charge is 2.23. The molecule has 1 aromatic carbocycles. The fourth-order valence-corrected chi connectivity index (χ4v) is 3.25. The third-order valence-electron chi connectivity index (χ3n) is 2.64. The Hall–Kier alpha value is -1.22. The van der Waals surface area contributed by atoms with E-state index in [4.69, 9.17) is 17.3 Å². The summed E-state index contributed by atoms with van der Waals surface area (Å²) < 4.78 is 40.7. The molecule has 0 aliphatic heterocycles. The lowest BCUT2D eigenvalue weighted by atomic mass is 10.3. The molecule has 2 aromatic rings. The van der Waals surface area contributed by atoms with Crippen molar-refractivity contribution in [3.8, 4) is 0 Å². The first-order valence-corrected chi connectivity index (χ1v) is 8.30. The number of halogens is 3. The van der Waals surface area contributed by atoms with Crippen molar-refractivity contribution in [1.82, 2.24) is 9.71 Å². The van der Waals surface area contributed by atoms with Gasteiger partial charge >= 0.3 is 0 Å². The zero-order valence-electron chi connectivity index (χ0n) is 10.5. The van der Waals surface area contributed by atoms with E-state index >= 15 is 0 Å². The fraction of sp³-hybridized carbons (Fsp3) is 0.0833. The normalized spacial score (nSPS) is 11.6. The number of benzene rings is 1. The van der Waals surface area contributed by atoms with Crippen LogP contribution in [0.4, 0.5) is 10.1 Å². The van der Waals surface area contributed by atoms with Gasteiger partial charge in [0.05, 0.1) is 15.2 Å². The molecule has 112 valence electrons. The molecule has 0 saturated heterocycles. The van der Waals surface area contributed by atoms with Crippen LogP contribution in [0.2, 0.25) is 5.02 Å². The van der Waals surface area contributed by atoms with Gasteiger partial charge in [-0.05, 0) is 33.6 Å². The molecule has 1 aromatic heterocycles. The van der Waals surface area contributed by atoms with Crippen LogP contribution in [-0.2, 0) is 16.6 Å². The monoisotopic (exact) mass is 393 g/mol. The number of nitrogens with zero attached hydrogens (tertiary/aromatic N) is 1. The zero-order valence-corrected chi connectivity index (χ0v) is 13.6. The van der Waals surface area contributed by atoms with E-state index in [9.17, 15) is 12.8 Å². The maximum absolute atomic E-state index is 14.0. The Kier molecular flexibility index (Phi) is 4.82. The molecule has 3 N–H and O–H groups in total. The number of aromatic nitrogens is 1. The Bertz CT molecular complexity index is 772. The summed E-state index contributed by atoms with van der Waals surface area (Å²) in [7, 11) is -4.09. The van der Waals surface area contributed by atoms with E-state index in [1.54, 1.807) is 18.3 Å². The van der Waals surface area contributed by atoms with Gasteiger partial charge in [-0.2, -0.15) is 0 Å². The van der Waals surface area contributed by atoms with Gasteiger partial charge in [-0.3, -0.25) is 4.98 Å². The molecule has 0 radical (unpaired) electrons. The second kappa shape index (κ2) is 6.27. The third-order valence-corrected chi connectivity index (χ3v) is 5.42. The van der Waals surface area contributed by atoms with Crippen LogP contribution in [-0.4, -0.2) is 13.4 Å². The summed E-state index contributed by atoms with van der Waals surface area (Å²) in [4.78, 5) is 3.26. The van der Waals surface area contributed by atoms with Gasteiger partial charge < -0.3 is 5.73 Å². The van der Waals surface area contributed by atoms with Crippen LogP contribution in [0.5, 0.6) is 0 Å². The summed E-state index contributed by atoms with van der Waals surface area (Å²) in [6.45, 7) is -0.0246. The molecular formula is C12H10BrClFN3O2S. The van der Waals surface area contributed by atoms with Crippen molar-refractivity contribution >= 4 is 43.2 Å². The molecule has 0 saturated carbocycles. The van der Waals surface area contributed by atoms with Crippen LogP contribution in [0.15, 0.2) is 40.0 Å². The quantitative estimate of drug-likeness (QED) is 0.617. The molecule has 0 amide bonds. The molecular weight excluding hydrogens is 385 g/mol. The molecule has 0 atom stereocenters. The van der Waals surface area contributed by atoms with Crippen LogP contribution in [0, 0.1) is 5.82 Å². The third kappa shape index (κ3) is 3.52. The van der Waals surface area contributed by atoms with Crippen molar-refractivity contribution in [3.05, 3.63) is 51.5 Å². The molecule has 0 bridgehead atoms. The lowest BCUT2D eigenvalue weighted by Crippen LogP contribution is -2.24. The van der Waals surface area contributed by atoms with Gasteiger partial charge in [0.1, 0.15) is 4.90 Å². The molecule has 5 nitrogen and oxygen atoms in total. The lowest BCUT2D eigenvalue weighted by molar-refractivity contribution is 0.558. The molecule has 1 heterocycles. The van der Waals surface area contributed by atoms with Gasteiger partial charge in [-0.25, -0.2) is 17.5 Å². The van der Waals surface area contributed by atoms with Crippen molar-refractivity contribution in [2.75, 3.05) is 5.73 Å². The van der Waals surface area contributed by atoms with E-state index in [1.807, 2.05) is 0 Å². The number of nitrogens with one attached hydrogen (secondary N) is 1. The number of nitrogens with two attached hydrogens (primary N) is 1. The second-order valence-electron chi connectivity index (χ2n) is 4.08. The van der Waals surface area contributed by atoms with Crippen LogP contribution in [0.25, 0.3) is 0 Å². The molecule has 0 aliphatic carbocycles. The number of nitrogen functional groups attached to an aromatic ring is 1. The standard InChI is InChI=1S/C12H10BrClFN3O2S/c13-10-8(14)4-9(11(15)12(10)16)21(19,20)18-6-7-2-1-3-17-5-7/h1-5,18H,6,16H2. The average Bonchev–Trinajstić information content (AvgIpc) is 2.48. The van der Waals surface area contributed by atoms with E-state index in [0.717, 1.165) is 6.07 Å². The topological polar surface area (TPSA) is 85.1 Å². The van der Waals surface area contributed by atoms with E-state index in [-0.39, 0.29) is 21.7 Å². The Labute approximate surface area is 134 Å². The minimum Gasteiger partial charge on any atom is -0.395 e. The van der Waals surface area contributed by atoms with Gasteiger partial charge in [0.15, 0.2) is 5.82 Å². The summed E-state index contributed by atoms with van der Waals surface area (Å²) >= 11 is 8.80. The summed E-state index contributed by atoms with van der Waals surface area (Å²) in [5.74, 6) is -1.05. The molecule has 0 spiro atoms. The highest BCUT2D eigenvalue weighted by molar-refractivity contribution is 9.10. The summed E-state index contributed by atoms with van der Waals surface area (Å²) in [6.07, 6.45) is 3.06. The van der Waals surface area contributed by atoms with E-state index in [0.29, 0.717) is 5.56 Å². The molecule has 0 aliphatic rings. The summed E-state index contributed by atoms with van der Waals surface area (Å²) in [5.41, 5.74) is 5.76. The van der Waals surface area contributed by atoms with Gasteiger partial charge in [0, 0.05) is 18.9 Å². The van der Waals surface area contributed by atoms with E-state index in [2.05, 4.69) is 25.6 Å². The van der Waals surface area contributed by atoms with Crippen molar-refractivity contribution in [1.29, 1.82) is 0 Å². The first kappa shape index (κ1) is 16.2. The largest absolute Gasteiger partial charge is 0.395 e. The van der Waals surface area contributed by atoms with Gasteiger partial charge in [-0.1, -0.05) is 17.7 Å². The highest BCUT2D eigenvalue weighted by Crippen LogP contribution is 2.34. The number of pyridine rings is 1. The Morgan fingerprint density at radius 3 is 2.81 bits per heavy atom. The second-order valence-corrected chi connectivity index (χ2v) is 7.02. The Morgan fingerprint density at radius 2 is 2.19 bits per heavy atom. The Balaban J connectivity index is 2.32. The van der Waals surface area contributed by atoms with E-state index in [1.165, 1.54) is 6.20 Å². The molecule has 9 heteroatoms. The number of hydrogen-bond donors (Lipinski definition) is 2. The number of sulfonamides is 1. The fourth-order valence-electron chi connectivity index (χ4n) is 1.55. The number of anilines is 1. The minimum atomic E-state index is -4.09. The molecule has 21 heavy (non-hydrogen) atoms. The Morgan fingerprint density at radius 1 is 1.48 bits per heavy atom. The lowest BCUT2D eigenvalue weighted by Gasteiger charge is -2.11. The number of rotatable bonds is 4. The first-order valence-electron chi connectivity index (χ1n) is 5.64. The average molecular weight is 395 g/mol. The zero-order chi connectivity index (χ0) is 15.6. The minimum absolute atomic E-state index is 0.00986. The molecule has 0 unspecified atom stereocenters. The maximum atomic E-state index is 14.0. The van der Waals surface area contributed by atoms with Gasteiger partial charge in [-0.15, -0.1) is 0 Å². The molecule has 0 fully saturated rings. The van der Waals surface area contributed by atoms with Gasteiger partial charge in [0.2, 0.25) is 10.0 Å². The van der Waals surface area contributed by atoms with Crippen LogP contribution in [0.3, 0.4) is 0 Å². The van der Waals surface area contributed by atoms with Crippen molar-refractivity contribution in [2.45, 2.75) is 11.4 Å². The van der Waals surface area contributed by atoms with Crippen LogP contribution >= 0.6 is 27.5 Å². The van der Waals surface area contributed by atoms with Gasteiger partial charge in [0.25, 0.3) is 0 Å². The van der Waals surface area contributed by atoms with Crippen molar-refractivity contribution < 1.29 is 12.8 Å². The van der Waals surface area contributed by atoms with E-state index < -0.39 is 20.7 Å². The smallest absolute Gasteiger partial charge is 0.243 e. The van der Waals surface area contributed by atoms with Crippen molar-refractivity contribution in [3.63, 3.8) is 0 Å². The molecule has 2 rings (SSSR count). The van der Waals surface area contributed by atoms with Crippen LogP contribution < -0.4 is 10.5 Å². The first-order chi connectivity index (χ1) is 9.83. The highest BCUT2D eigenvalue weighted by atomic mass is 79.9. The maximum Gasteiger partial charge on any atom is 0.243 e. The van der Waals surface area contributed by atoms with Crippen LogP contribution in [0.1, 0.15) is 5.56 Å². The number of hydrogen-bond acceptors (Lipinski definition) is 4.